The largest absolute Gasteiger partial charge is 0.333 e. The number of hydrogen-bond acceptors (Lipinski definition) is 2. The topological polar surface area (TPSA) is 35.6 Å². The Morgan fingerprint density at radius 2 is 1.67 bits per heavy atom. The quantitative estimate of drug-likeness (QED) is 0.776. The number of urea groups is 1. The van der Waals surface area contributed by atoms with Crippen LogP contribution < -0.4 is 5.32 Å². The van der Waals surface area contributed by atoms with Crippen LogP contribution in [0, 0.1) is 17.8 Å². The van der Waals surface area contributed by atoms with Crippen molar-refractivity contribution in [3.05, 3.63) is 34.3 Å². The van der Waals surface area contributed by atoms with E-state index in [1.54, 1.807) is 0 Å². The zero-order chi connectivity index (χ0) is 18.4. The van der Waals surface area contributed by atoms with Crippen LogP contribution in [0.5, 0.6) is 0 Å². The molecule has 1 heterocycles. The van der Waals surface area contributed by atoms with Crippen LogP contribution in [-0.4, -0.2) is 47.5 Å². The molecular weight excluding hydrogens is 402 g/mol. The Kier molecular flexibility index (Phi) is 4.71. The number of piperazine rings is 1. The fraction of sp³-hybridized carbons (Fsp3) is 0.682. The molecule has 0 aromatic heterocycles. The Labute approximate surface area is 170 Å². The highest BCUT2D eigenvalue weighted by Crippen LogP contribution is 2.55. The first-order valence-electron chi connectivity index (χ1n) is 10.6. The maximum Gasteiger partial charge on any atom is 0.317 e. The van der Waals surface area contributed by atoms with E-state index in [2.05, 4.69) is 55.3 Å². The van der Waals surface area contributed by atoms with Crippen molar-refractivity contribution in [1.29, 1.82) is 0 Å². The standard InChI is InChI=1S/C22H30BrN3O/c23-20-3-1-2-16(11-20)15-25-4-6-26(7-5-25)21(27)24-22-12-17-8-18(13-22)10-19(9-17)14-22/h1-3,11,17-19H,4-10,12-15H2,(H,24,27). The molecule has 1 saturated heterocycles. The lowest BCUT2D eigenvalue weighted by atomic mass is 9.53. The molecular formula is C22H30BrN3O. The molecule has 4 aliphatic carbocycles. The van der Waals surface area contributed by atoms with Gasteiger partial charge in [0.1, 0.15) is 0 Å². The lowest BCUT2D eigenvalue weighted by Gasteiger charge is -2.57. The van der Waals surface area contributed by atoms with Gasteiger partial charge in [-0.25, -0.2) is 4.79 Å². The van der Waals surface area contributed by atoms with Crippen molar-refractivity contribution in [1.82, 2.24) is 15.1 Å². The number of nitrogens with zero attached hydrogens (tertiary/aromatic N) is 2. The SMILES string of the molecule is O=C(NC12CC3CC(CC(C3)C1)C2)N1CCN(Cc2cccc(Br)c2)CC1. The van der Waals surface area contributed by atoms with Gasteiger partial charge < -0.3 is 10.2 Å². The highest BCUT2D eigenvalue weighted by molar-refractivity contribution is 9.10. The van der Waals surface area contributed by atoms with Gasteiger partial charge in [0.05, 0.1) is 0 Å². The third kappa shape index (κ3) is 3.77. The molecule has 4 saturated carbocycles. The number of carbonyl (C=O) groups excluding carboxylic acids is 1. The van der Waals surface area contributed by atoms with E-state index >= 15 is 0 Å². The van der Waals surface area contributed by atoms with Crippen LogP contribution in [0.3, 0.4) is 0 Å². The summed E-state index contributed by atoms with van der Waals surface area (Å²) in [5, 5.41) is 3.53. The van der Waals surface area contributed by atoms with Gasteiger partial charge in [-0.3, -0.25) is 4.90 Å². The Hall–Kier alpha value is -1.07. The number of benzene rings is 1. The number of carbonyl (C=O) groups is 1. The molecule has 4 nitrogen and oxygen atoms in total. The summed E-state index contributed by atoms with van der Waals surface area (Å²) >= 11 is 3.55. The monoisotopic (exact) mass is 431 g/mol. The smallest absolute Gasteiger partial charge is 0.317 e. The van der Waals surface area contributed by atoms with Crippen LogP contribution in [-0.2, 0) is 6.54 Å². The second kappa shape index (κ2) is 7.07. The second-order valence-electron chi connectivity index (χ2n) is 9.52. The van der Waals surface area contributed by atoms with Crippen molar-refractivity contribution in [2.75, 3.05) is 26.2 Å². The predicted octanol–water partition coefficient (Wildman–Crippen LogP) is 4.25. The summed E-state index contributed by atoms with van der Waals surface area (Å²) in [5.74, 6) is 2.62. The van der Waals surface area contributed by atoms with Crippen LogP contribution in [0.1, 0.15) is 44.1 Å². The molecule has 0 unspecified atom stereocenters. The van der Waals surface area contributed by atoms with Gasteiger partial charge in [0.2, 0.25) is 0 Å². The summed E-state index contributed by atoms with van der Waals surface area (Å²) in [6, 6.07) is 8.72. The van der Waals surface area contributed by atoms with Crippen molar-refractivity contribution in [3.8, 4) is 0 Å². The Balaban J connectivity index is 1.15. The molecule has 0 radical (unpaired) electrons. The molecule has 5 fully saturated rings. The average Bonchev–Trinajstić information content (AvgIpc) is 2.61. The fourth-order valence-corrected chi connectivity index (χ4v) is 7.02. The minimum Gasteiger partial charge on any atom is -0.333 e. The zero-order valence-corrected chi connectivity index (χ0v) is 17.6. The van der Waals surface area contributed by atoms with Gasteiger partial charge in [-0.2, -0.15) is 0 Å². The lowest BCUT2D eigenvalue weighted by Crippen LogP contribution is -2.63. The zero-order valence-electron chi connectivity index (χ0n) is 16.0. The van der Waals surface area contributed by atoms with Crippen molar-refractivity contribution >= 4 is 22.0 Å². The molecule has 4 bridgehead atoms. The molecule has 1 N–H and O–H groups in total. The summed E-state index contributed by atoms with van der Waals surface area (Å²) in [7, 11) is 0. The van der Waals surface area contributed by atoms with Gasteiger partial charge in [0.15, 0.2) is 0 Å². The molecule has 146 valence electrons. The summed E-state index contributed by atoms with van der Waals surface area (Å²) in [4.78, 5) is 17.5. The Morgan fingerprint density at radius 1 is 1.04 bits per heavy atom. The lowest BCUT2D eigenvalue weighted by molar-refractivity contribution is -0.0165. The Bertz CT molecular complexity index is 678. The number of amides is 2. The molecule has 0 atom stereocenters. The van der Waals surface area contributed by atoms with E-state index in [0.717, 1.165) is 55.0 Å². The van der Waals surface area contributed by atoms with Crippen molar-refractivity contribution in [2.45, 2.75) is 50.6 Å². The fourth-order valence-electron chi connectivity index (χ4n) is 6.57. The third-order valence-electron chi connectivity index (χ3n) is 7.37. The molecule has 27 heavy (non-hydrogen) atoms. The molecule has 6 rings (SSSR count). The summed E-state index contributed by atoms with van der Waals surface area (Å²) < 4.78 is 1.13. The molecule has 0 spiro atoms. The van der Waals surface area contributed by atoms with Gasteiger partial charge in [-0.05, 0) is 74.0 Å². The van der Waals surface area contributed by atoms with Gasteiger partial charge in [0.25, 0.3) is 0 Å². The van der Waals surface area contributed by atoms with E-state index in [-0.39, 0.29) is 11.6 Å². The minimum atomic E-state index is 0.124. The second-order valence-corrected chi connectivity index (χ2v) is 10.4. The van der Waals surface area contributed by atoms with Crippen LogP contribution in [0.2, 0.25) is 0 Å². The van der Waals surface area contributed by atoms with Crippen molar-refractivity contribution in [2.24, 2.45) is 17.8 Å². The number of nitrogens with one attached hydrogen (secondary N) is 1. The minimum absolute atomic E-state index is 0.124. The maximum absolute atomic E-state index is 13.0. The predicted molar refractivity (Wildman–Crippen MR) is 110 cm³/mol. The van der Waals surface area contributed by atoms with Gasteiger partial charge in [-0.1, -0.05) is 28.1 Å². The van der Waals surface area contributed by atoms with E-state index in [4.69, 9.17) is 0 Å². The van der Waals surface area contributed by atoms with E-state index in [1.165, 1.54) is 44.1 Å². The molecule has 1 aliphatic heterocycles. The van der Waals surface area contributed by atoms with Crippen LogP contribution in [0.4, 0.5) is 4.79 Å². The molecule has 5 aliphatic rings. The van der Waals surface area contributed by atoms with E-state index in [0.29, 0.717) is 0 Å². The summed E-state index contributed by atoms with van der Waals surface area (Å²) in [6.07, 6.45) is 7.95. The maximum atomic E-state index is 13.0. The van der Waals surface area contributed by atoms with Crippen LogP contribution in [0.15, 0.2) is 28.7 Å². The summed E-state index contributed by atoms with van der Waals surface area (Å²) in [6.45, 7) is 4.56. The molecule has 1 aromatic rings. The first-order chi connectivity index (χ1) is 13.1. The number of halogens is 1. The highest BCUT2D eigenvalue weighted by atomic mass is 79.9. The first-order valence-corrected chi connectivity index (χ1v) is 11.4. The van der Waals surface area contributed by atoms with Gasteiger partial charge >= 0.3 is 6.03 Å². The van der Waals surface area contributed by atoms with E-state index < -0.39 is 0 Å². The van der Waals surface area contributed by atoms with Crippen LogP contribution in [0.25, 0.3) is 0 Å². The van der Waals surface area contributed by atoms with E-state index in [1.807, 2.05) is 0 Å². The van der Waals surface area contributed by atoms with Crippen molar-refractivity contribution < 1.29 is 4.79 Å². The van der Waals surface area contributed by atoms with Crippen molar-refractivity contribution in [3.63, 3.8) is 0 Å². The molecule has 2 amide bonds. The van der Waals surface area contributed by atoms with Gasteiger partial charge in [-0.15, -0.1) is 0 Å². The first kappa shape index (κ1) is 18.0. The Morgan fingerprint density at radius 3 is 2.26 bits per heavy atom. The highest BCUT2D eigenvalue weighted by Gasteiger charge is 2.51. The number of hydrogen-bond donors (Lipinski definition) is 1. The van der Waals surface area contributed by atoms with E-state index in [9.17, 15) is 4.79 Å². The third-order valence-corrected chi connectivity index (χ3v) is 7.86. The van der Waals surface area contributed by atoms with Crippen LogP contribution >= 0.6 is 15.9 Å². The van der Waals surface area contributed by atoms with Gasteiger partial charge in [0, 0.05) is 42.7 Å². The normalized spacial score (nSPS) is 35.4. The molecule has 1 aromatic carbocycles. The number of rotatable bonds is 3. The average molecular weight is 432 g/mol. The molecule has 5 heteroatoms. The summed E-state index contributed by atoms with van der Waals surface area (Å²) in [5.41, 5.74) is 1.45.